The number of aryl methyl sites for hydroxylation is 1. The van der Waals surface area contributed by atoms with Gasteiger partial charge in [-0.2, -0.15) is 0 Å². The standard InChI is InChI=1S/C16H16BrClN2/c1-10-6-7-12(13(17)8-10)16-19-14(9-15(18)20-16)11-4-2-3-5-11/h6-9,11H,2-5H2,1H3. The van der Waals surface area contributed by atoms with Crippen LogP contribution in [0.4, 0.5) is 0 Å². The summed E-state index contributed by atoms with van der Waals surface area (Å²) in [5.74, 6) is 1.25. The summed E-state index contributed by atoms with van der Waals surface area (Å²) in [4.78, 5) is 9.14. The van der Waals surface area contributed by atoms with Gasteiger partial charge in [0.15, 0.2) is 5.82 Å². The fourth-order valence-corrected chi connectivity index (χ4v) is 3.65. The van der Waals surface area contributed by atoms with Crippen molar-refractivity contribution in [1.82, 2.24) is 9.97 Å². The SMILES string of the molecule is Cc1ccc(-c2nc(Cl)cc(C3CCCC3)n2)c(Br)c1. The summed E-state index contributed by atoms with van der Waals surface area (Å²) in [7, 11) is 0. The third-order valence-electron chi connectivity index (χ3n) is 3.85. The van der Waals surface area contributed by atoms with Crippen molar-refractivity contribution in [2.24, 2.45) is 0 Å². The first kappa shape index (κ1) is 14.0. The van der Waals surface area contributed by atoms with Crippen molar-refractivity contribution in [1.29, 1.82) is 0 Å². The minimum atomic E-state index is 0.532. The molecule has 1 aliphatic carbocycles. The Bertz CT molecular complexity index is 636. The van der Waals surface area contributed by atoms with Gasteiger partial charge in [0, 0.05) is 21.6 Å². The Hall–Kier alpha value is -0.930. The molecule has 0 N–H and O–H groups in total. The van der Waals surface area contributed by atoms with Crippen molar-refractivity contribution < 1.29 is 0 Å². The molecular formula is C16H16BrClN2. The molecule has 0 saturated heterocycles. The van der Waals surface area contributed by atoms with Crippen molar-refractivity contribution in [2.45, 2.75) is 38.5 Å². The van der Waals surface area contributed by atoms with E-state index in [0.29, 0.717) is 16.9 Å². The van der Waals surface area contributed by atoms with Crippen molar-refractivity contribution in [3.63, 3.8) is 0 Å². The highest BCUT2D eigenvalue weighted by atomic mass is 79.9. The van der Waals surface area contributed by atoms with E-state index in [1.165, 1.54) is 31.2 Å². The molecule has 1 aromatic carbocycles. The number of benzene rings is 1. The van der Waals surface area contributed by atoms with Gasteiger partial charge in [-0.15, -0.1) is 0 Å². The molecule has 20 heavy (non-hydrogen) atoms. The highest BCUT2D eigenvalue weighted by Crippen LogP contribution is 2.35. The second-order valence-electron chi connectivity index (χ2n) is 5.40. The molecular weight excluding hydrogens is 336 g/mol. The molecule has 0 aliphatic heterocycles. The molecule has 1 aromatic heterocycles. The number of hydrogen-bond donors (Lipinski definition) is 0. The van der Waals surface area contributed by atoms with E-state index >= 15 is 0 Å². The summed E-state index contributed by atoms with van der Waals surface area (Å²) in [6.07, 6.45) is 5.00. The molecule has 2 aromatic rings. The molecule has 3 rings (SSSR count). The molecule has 0 bridgehead atoms. The second kappa shape index (κ2) is 5.82. The first-order valence-electron chi connectivity index (χ1n) is 6.94. The molecule has 0 amide bonds. The van der Waals surface area contributed by atoms with E-state index < -0.39 is 0 Å². The Kier molecular flexibility index (Phi) is 4.08. The van der Waals surface area contributed by atoms with Crippen molar-refractivity contribution >= 4 is 27.5 Å². The fourth-order valence-electron chi connectivity index (χ4n) is 2.79. The summed E-state index contributed by atoms with van der Waals surface area (Å²) in [5.41, 5.74) is 3.29. The van der Waals surface area contributed by atoms with E-state index in [0.717, 1.165) is 15.7 Å². The Balaban J connectivity index is 2.04. The fraction of sp³-hybridized carbons (Fsp3) is 0.375. The summed E-state index contributed by atoms with van der Waals surface area (Å²) >= 11 is 9.79. The van der Waals surface area contributed by atoms with Gasteiger partial charge in [-0.05, 0) is 43.5 Å². The summed E-state index contributed by atoms with van der Waals surface area (Å²) in [6, 6.07) is 8.11. The maximum absolute atomic E-state index is 6.20. The smallest absolute Gasteiger partial charge is 0.162 e. The lowest BCUT2D eigenvalue weighted by atomic mass is 10.0. The van der Waals surface area contributed by atoms with Gasteiger partial charge in [-0.25, -0.2) is 9.97 Å². The number of halogens is 2. The van der Waals surface area contributed by atoms with Gasteiger partial charge >= 0.3 is 0 Å². The third-order valence-corrected chi connectivity index (χ3v) is 4.70. The first-order valence-corrected chi connectivity index (χ1v) is 8.11. The zero-order valence-corrected chi connectivity index (χ0v) is 13.7. The van der Waals surface area contributed by atoms with Crippen molar-refractivity contribution in [2.75, 3.05) is 0 Å². The predicted molar refractivity (Wildman–Crippen MR) is 86.1 cm³/mol. The molecule has 4 heteroatoms. The number of nitrogens with zero attached hydrogens (tertiary/aromatic N) is 2. The lowest BCUT2D eigenvalue weighted by Crippen LogP contribution is -2.01. The molecule has 0 unspecified atom stereocenters. The van der Waals surface area contributed by atoms with Crippen LogP contribution >= 0.6 is 27.5 Å². The molecule has 1 aliphatic rings. The van der Waals surface area contributed by atoms with Crippen LogP contribution in [0.5, 0.6) is 0 Å². The number of rotatable bonds is 2. The van der Waals surface area contributed by atoms with Crippen LogP contribution in [0.2, 0.25) is 5.15 Å². The number of aromatic nitrogens is 2. The van der Waals surface area contributed by atoms with E-state index in [2.05, 4.69) is 40.0 Å². The van der Waals surface area contributed by atoms with Crippen LogP contribution in [0.15, 0.2) is 28.7 Å². The van der Waals surface area contributed by atoms with Crippen molar-refractivity contribution in [3.05, 3.63) is 45.1 Å². The zero-order chi connectivity index (χ0) is 14.1. The monoisotopic (exact) mass is 350 g/mol. The van der Waals surface area contributed by atoms with Gasteiger partial charge in [-0.1, -0.05) is 46.4 Å². The molecule has 2 nitrogen and oxygen atoms in total. The zero-order valence-electron chi connectivity index (χ0n) is 11.4. The predicted octanol–water partition coefficient (Wildman–Crippen LogP) is 5.53. The molecule has 1 saturated carbocycles. The Morgan fingerprint density at radius 3 is 2.60 bits per heavy atom. The van der Waals surface area contributed by atoms with Crippen LogP contribution in [-0.2, 0) is 0 Å². The first-order chi connectivity index (χ1) is 9.63. The van der Waals surface area contributed by atoms with Crippen LogP contribution in [0.1, 0.15) is 42.9 Å². The molecule has 0 spiro atoms. The summed E-state index contributed by atoms with van der Waals surface area (Å²) < 4.78 is 1.01. The van der Waals surface area contributed by atoms with Gasteiger partial charge in [0.2, 0.25) is 0 Å². The minimum absolute atomic E-state index is 0.532. The van der Waals surface area contributed by atoms with E-state index in [1.807, 2.05) is 12.1 Å². The Morgan fingerprint density at radius 1 is 1.15 bits per heavy atom. The van der Waals surface area contributed by atoms with E-state index in [1.54, 1.807) is 0 Å². The van der Waals surface area contributed by atoms with Crippen molar-refractivity contribution in [3.8, 4) is 11.4 Å². The number of hydrogen-bond acceptors (Lipinski definition) is 2. The highest BCUT2D eigenvalue weighted by Gasteiger charge is 2.20. The maximum atomic E-state index is 6.20. The third kappa shape index (κ3) is 2.89. The normalized spacial score (nSPS) is 15.8. The van der Waals surface area contributed by atoms with Gasteiger partial charge in [0.05, 0.1) is 0 Å². The van der Waals surface area contributed by atoms with Gasteiger partial charge in [-0.3, -0.25) is 0 Å². The van der Waals surface area contributed by atoms with E-state index in [-0.39, 0.29) is 0 Å². The van der Waals surface area contributed by atoms with E-state index in [9.17, 15) is 0 Å². The second-order valence-corrected chi connectivity index (χ2v) is 6.65. The highest BCUT2D eigenvalue weighted by molar-refractivity contribution is 9.10. The van der Waals surface area contributed by atoms with Crippen LogP contribution in [0, 0.1) is 6.92 Å². The summed E-state index contributed by atoms with van der Waals surface area (Å²) in [6.45, 7) is 2.07. The molecule has 1 fully saturated rings. The topological polar surface area (TPSA) is 25.8 Å². The van der Waals surface area contributed by atoms with Gasteiger partial charge < -0.3 is 0 Å². The molecule has 1 heterocycles. The van der Waals surface area contributed by atoms with Crippen LogP contribution in [0.25, 0.3) is 11.4 Å². The van der Waals surface area contributed by atoms with Gasteiger partial charge in [0.25, 0.3) is 0 Å². The molecule has 0 radical (unpaired) electrons. The average molecular weight is 352 g/mol. The Morgan fingerprint density at radius 2 is 1.90 bits per heavy atom. The summed E-state index contributed by atoms with van der Waals surface area (Å²) in [5, 5.41) is 0.532. The molecule has 0 atom stereocenters. The van der Waals surface area contributed by atoms with Crippen LogP contribution < -0.4 is 0 Å². The van der Waals surface area contributed by atoms with E-state index in [4.69, 9.17) is 16.6 Å². The largest absolute Gasteiger partial charge is 0.233 e. The lowest BCUT2D eigenvalue weighted by Gasteiger charge is -2.11. The van der Waals surface area contributed by atoms with Crippen LogP contribution in [-0.4, -0.2) is 9.97 Å². The lowest BCUT2D eigenvalue weighted by molar-refractivity contribution is 0.695. The minimum Gasteiger partial charge on any atom is -0.233 e. The average Bonchev–Trinajstić information content (AvgIpc) is 2.91. The quantitative estimate of drug-likeness (QED) is 0.665. The van der Waals surface area contributed by atoms with Gasteiger partial charge in [0.1, 0.15) is 5.15 Å². The maximum Gasteiger partial charge on any atom is 0.162 e. The molecule has 104 valence electrons. The Labute approximate surface area is 132 Å². The van der Waals surface area contributed by atoms with Crippen LogP contribution in [0.3, 0.4) is 0 Å².